The molecular weight excluding hydrogens is 452 g/mol. The van der Waals surface area contributed by atoms with Gasteiger partial charge in [-0.2, -0.15) is 0 Å². The van der Waals surface area contributed by atoms with Gasteiger partial charge in [-0.3, -0.25) is 9.52 Å². The number of methoxy groups -OCH3 is 1. The van der Waals surface area contributed by atoms with Gasteiger partial charge < -0.3 is 10.1 Å². The second-order valence-corrected chi connectivity index (χ2v) is 9.21. The molecule has 3 aromatic rings. The van der Waals surface area contributed by atoms with Gasteiger partial charge in [0.1, 0.15) is 4.90 Å². The molecule has 0 unspecified atom stereocenters. The minimum absolute atomic E-state index is 0.0131. The van der Waals surface area contributed by atoms with Gasteiger partial charge in [-0.1, -0.05) is 17.7 Å². The lowest BCUT2D eigenvalue weighted by Gasteiger charge is -2.12. The number of ether oxygens (including phenoxy) is 1. The number of hydrogen-bond donors (Lipinski definition) is 2. The van der Waals surface area contributed by atoms with Crippen LogP contribution in [0.5, 0.6) is 0 Å². The number of sulfonamides is 1. The molecule has 3 aromatic carbocycles. The Hall–Kier alpha value is -3.36. The highest BCUT2D eigenvalue weighted by Crippen LogP contribution is 2.26. The molecule has 0 bridgehead atoms. The largest absolute Gasteiger partial charge is 0.465 e. The molecule has 32 heavy (non-hydrogen) atoms. The van der Waals surface area contributed by atoms with E-state index in [1.165, 1.54) is 37.4 Å². The second-order valence-electron chi connectivity index (χ2n) is 7.15. The van der Waals surface area contributed by atoms with Crippen LogP contribution < -0.4 is 10.0 Å². The Morgan fingerprint density at radius 2 is 1.44 bits per heavy atom. The van der Waals surface area contributed by atoms with Crippen molar-refractivity contribution in [3.05, 3.63) is 87.9 Å². The molecular formula is C23H21ClN2O5S. The Bertz CT molecular complexity index is 1270. The molecule has 0 fully saturated rings. The highest BCUT2D eigenvalue weighted by molar-refractivity contribution is 7.92. The number of benzene rings is 3. The zero-order valence-corrected chi connectivity index (χ0v) is 19.2. The SMILES string of the molecule is COC(=O)c1ccc(NC(=O)c2ccc(Cl)c(S(=O)(=O)Nc3cc(C)cc(C)c3)c2)cc1. The first-order chi connectivity index (χ1) is 15.1. The molecule has 0 spiro atoms. The number of amides is 1. The summed E-state index contributed by atoms with van der Waals surface area (Å²) in [5, 5.41) is 2.64. The van der Waals surface area contributed by atoms with Crippen molar-refractivity contribution in [2.24, 2.45) is 0 Å². The lowest BCUT2D eigenvalue weighted by molar-refractivity contribution is 0.0600. The van der Waals surface area contributed by atoms with Crippen LogP contribution in [-0.4, -0.2) is 27.4 Å². The average molecular weight is 473 g/mol. The minimum Gasteiger partial charge on any atom is -0.465 e. The zero-order valence-electron chi connectivity index (χ0n) is 17.6. The smallest absolute Gasteiger partial charge is 0.337 e. The lowest BCUT2D eigenvalue weighted by Crippen LogP contribution is -2.16. The fraction of sp³-hybridized carbons (Fsp3) is 0.130. The van der Waals surface area contributed by atoms with E-state index in [1.807, 2.05) is 19.9 Å². The number of halogens is 1. The van der Waals surface area contributed by atoms with E-state index in [1.54, 1.807) is 24.3 Å². The van der Waals surface area contributed by atoms with E-state index in [2.05, 4.69) is 14.8 Å². The molecule has 0 aliphatic carbocycles. The van der Waals surface area contributed by atoms with Crippen LogP contribution in [0.3, 0.4) is 0 Å². The number of carbonyl (C=O) groups is 2. The summed E-state index contributed by atoms with van der Waals surface area (Å²) in [6.45, 7) is 3.72. The fourth-order valence-electron chi connectivity index (χ4n) is 3.11. The van der Waals surface area contributed by atoms with Crippen molar-refractivity contribution in [2.45, 2.75) is 18.7 Å². The molecule has 1 amide bonds. The van der Waals surface area contributed by atoms with Gasteiger partial charge in [0.05, 0.1) is 17.7 Å². The van der Waals surface area contributed by atoms with Crippen LogP contribution in [-0.2, 0) is 14.8 Å². The Labute approximate surface area is 191 Å². The molecule has 0 radical (unpaired) electrons. The van der Waals surface area contributed by atoms with Crippen LogP contribution >= 0.6 is 11.6 Å². The van der Waals surface area contributed by atoms with Crippen molar-refractivity contribution in [3.8, 4) is 0 Å². The number of carbonyl (C=O) groups excluding carboxylic acids is 2. The van der Waals surface area contributed by atoms with Gasteiger partial charge >= 0.3 is 5.97 Å². The predicted octanol–water partition coefficient (Wildman–Crippen LogP) is 4.80. The molecule has 0 atom stereocenters. The molecule has 0 aromatic heterocycles. The third kappa shape index (κ3) is 5.46. The predicted molar refractivity (Wildman–Crippen MR) is 124 cm³/mol. The Morgan fingerprint density at radius 1 is 0.844 bits per heavy atom. The number of nitrogens with one attached hydrogen (secondary N) is 2. The molecule has 9 heteroatoms. The van der Waals surface area contributed by atoms with E-state index in [4.69, 9.17) is 11.6 Å². The van der Waals surface area contributed by atoms with Crippen LogP contribution in [0.25, 0.3) is 0 Å². The standard InChI is InChI=1S/C23H21ClN2O5S/c1-14-10-15(2)12-19(11-14)26-32(29,30)21-13-17(6-9-20(21)24)22(27)25-18-7-4-16(5-8-18)23(28)31-3/h4-13,26H,1-3H3,(H,25,27). The van der Waals surface area contributed by atoms with Crippen LogP contribution in [0, 0.1) is 13.8 Å². The van der Waals surface area contributed by atoms with Crippen LogP contribution in [0.2, 0.25) is 5.02 Å². The van der Waals surface area contributed by atoms with E-state index in [-0.39, 0.29) is 15.5 Å². The van der Waals surface area contributed by atoms with Crippen molar-refractivity contribution in [1.29, 1.82) is 0 Å². The Morgan fingerprint density at radius 3 is 2.03 bits per heavy atom. The van der Waals surface area contributed by atoms with Gasteiger partial charge in [0.25, 0.3) is 15.9 Å². The van der Waals surface area contributed by atoms with Crippen molar-refractivity contribution in [1.82, 2.24) is 0 Å². The molecule has 7 nitrogen and oxygen atoms in total. The molecule has 3 rings (SSSR count). The van der Waals surface area contributed by atoms with Crippen LogP contribution in [0.1, 0.15) is 31.8 Å². The molecule has 2 N–H and O–H groups in total. The van der Waals surface area contributed by atoms with Crippen molar-refractivity contribution in [3.63, 3.8) is 0 Å². The summed E-state index contributed by atoms with van der Waals surface area (Å²) in [5.41, 5.74) is 3.07. The van der Waals surface area contributed by atoms with Gasteiger partial charge in [-0.15, -0.1) is 0 Å². The first-order valence-electron chi connectivity index (χ1n) is 9.49. The number of rotatable bonds is 6. The summed E-state index contributed by atoms with van der Waals surface area (Å²) in [6.07, 6.45) is 0. The summed E-state index contributed by atoms with van der Waals surface area (Å²) in [4.78, 5) is 24.0. The van der Waals surface area contributed by atoms with E-state index < -0.39 is 21.9 Å². The maximum Gasteiger partial charge on any atom is 0.337 e. The average Bonchev–Trinajstić information content (AvgIpc) is 2.72. The third-order valence-corrected chi connectivity index (χ3v) is 6.38. The monoisotopic (exact) mass is 472 g/mol. The van der Waals surface area contributed by atoms with Gasteiger partial charge in [-0.25, -0.2) is 13.2 Å². The number of hydrogen-bond acceptors (Lipinski definition) is 5. The maximum absolute atomic E-state index is 12.9. The highest BCUT2D eigenvalue weighted by atomic mass is 35.5. The van der Waals surface area contributed by atoms with E-state index in [0.29, 0.717) is 16.9 Å². The normalized spacial score (nSPS) is 11.0. The number of aryl methyl sites for hydroxylation is 2. The molecule has 0 saturated heterocycles. The number of esters is 1. The first-order valence-corrected chi connectivity index (χ1v) is 11.4. The summed E-state index contributed by atoms with van der Waals surface area (Å²) in [5.74, 6) is -1.03. The lowest BCUT2D eigenvalue weighted by atomic mass is 10.1. The summed E-state index contributed by atoms with van der Waals surface area (Å²) < 4.78 is 33.0. The Balaban J connectivity index is 1.84. The third-order valence-electron chi connectivity index (χ3n) is 4.52. The Kier molecular flexibility index (Phi) is 6.86. The minimum atomic E-state index is -4.04. The summed E-state index contributed by atoms with van der Waals surface area (Å²) >= 11 is 6.14. The van der Waals surface area contributed by atoms with E-state index in [0.717, 1.165) is 11.1 Å². The van der Waals surface area contributed by atoms with Gasteiger partial charge in [0.15, 0.2) is 0 Å². The van der Waals surface area contributed by atoms with Gasteiger partial charge in [0.2, 0.25) is 0 Å². The van der Waals surface area contributed by atoms with Crippen molar-refractivity contribution >= 4 is 44.9 Å². The van der Waals surface area contributed by atoms with Crippen LogP contribution in [0.15, 0.2) is 65.6 Å². The highest BCUT2D eigenvalue weighted by Gasteiger charge is 2.21. The van der Waals surface area contributed by atoms with Crippen molar-refractivity contribution in [2.75, 3.05) is 17.1 Å². The van der Waals surface area contributed by atoms with E-state index >= 15 is 0 Å². The van der Waals surface area contributed by atoms with Crippen LogP contribution in [0.4, 0.5) is 11.4 Å². The molecule has 0 aliphatic rings. The quantitative estimate of drug-likeness (QED) is 0.502. The summed E-state index contributed by atoms with van der Waals surface area (Å²) in [7, 11) is -2.76. The summed E-state index contributed by atoms with van der Waals surface area (Å²) in [6, 6.07) is 15.4. The molecule has 0 saturated carbocycles. The zero-order chi connectivity index (χ0) is 23.5. The van der Waals surface area contributed by atoms with Crippen molar-refractivity contribution < 1.29 is 22.7 Å². The molecule has 0 aliphatic heterocycles. The topological polar surface area (TPSA) is 102 Å². The fourth-order valence-corrected chi connectivity index (χ4v) is 4.67. The van der Waals surface area contributed by atoms with Gasteiger partial charge in [-0.05, 0) is 79.6 Å². The first kappa shape index (κ1) is 23.3. The van der Waals surface area contributed by atoms with Gasteiger partial charge in [0, 0.05) is 16.9 Å². The second kappa shape index (κ2) is 9.42. The molecule has 0 heterocycles. The molecule has 166 valence electrons. The number of anilines is 2. The maximum atomic E-state index is 12.9. The van der Waals surface area contributed by atoms with E-state index in [9.17, 15) is 18.0 Å².